The summed E-state index contributed by atoms with van der Waals surface area (Å²) < 4.78 is 11.0. The van der Waals surface area contributed by atoms with Crippen molar-refractivity contribution in [2.75, 3.05) is 13.7 Å². The first-order valence-corrected chi connectivity index (χ1v) is 6.39. The van der Waals surface area contributed by atoms with Crippen LogP contribution in [0.25, 0.3) is 0 Å². The van der Waals surface area contributed by atoms with Crippen LogP contribution in [0.1, 0.15) is 33.3 Å². The number of ether oxygens (including phenoxy) is 2. The Hall–Kier alpha value is -2.70. The number of nitrogens with zero attached hydrogens (tertiary/aromatic N) is 3. The molecule has 0 aliphatic rings. The van der Waals surface area contributed by atoms with Crippen LogP contribution in [0.2, 0.25) is 0 Å². The van der Waals surface area contributed by atoms with E-state index in [9.17, 15) is 9.59 Å². The van der Waals surface area contributed by atoms with Crippen molar-refractivity contribution in [3.8, 4) is 0 Å². The maximum absolute atomic E-state index is 11.7. The average Bonchev–Trinajstić information content (AvgIpc) is 2.96. The van der Waals surface area contributed by atoms with E-state index in [1.807, 2.05) is 6.07 Å². The molecule has 0 spiro atoms. The number of esters is 2. The summed E-state index contributed by atoms with van der Waals surface area (Å²) in [5, 5.41) is 7.60. The standard InChI is InChI=1S/C14H15N3O4/c1-3-21-14(19)12-9-17(16-15-12)8-10-6-4-5-7-11(10)13(18)20-2/h4-7,9H,3,8H2,1-2H3. The zero-order valence-electron chi connectivity index (χ0n) is 11.8. The third kappa shape index (κ3) is 3.44. The van der Waals surface area contributed by atoms with Gasteiger partial charge in [0.2, 0.25) is 0 Å². The topological polar surface area (TPSA) is 83.3 Å². The van der Waals surface area contributed by atoms with Crippen molar-refractivity contribution in [1.82, 2.24) is 15.0 Å². The molecule has 110 valence electrons. The van der Waals surface area contributed by atoms with Crippen molar-refractivity contribution in [2.45, 2.75) is 13.5 Å². The highest BCUT2D eigenvalue weighted by atomic mass is 16.5. The number of carbonyl (C=O) groups excluding carboxylic acids is 2. The lowest BCUT2D eigenvalue weighted by Crippen LogP contribution is -2.09. The highest BCUT2D eigenvalue weighted by Crippen LogP contribution is 2.12. The van der Waals surface area contributed by atoms with E-state index in [-0.39, 0.29) is 12.3 Å². The number of hydrogen-bond acceptors (Lipinski definition) is 6. The van der Waals surface area contributed by atoms with Crippen LogP contribution in [0, 0.1) is 0 Å². The summed E-state index contributed by atoms with van der Waals surface area (Å²) in [6, 6.07) is 7.02. The van der Waals surface area contributed by atoms with Crippen LogP contribution in [-0.4, -0.2) is 40.6 Å². The van der Waals surface area contributed by atoms with Gasteiger partial charge in [0, 0.05) is 0 Å². The molecule has 0 bridgehead atoms. The number of hydrogen-bond donors (Lipinski definition) is 0. The van der Waals surface area contributed by atoms with Crippen LogP contribution in [0.4, 0.5) is 0 Å². The Kier molecular flexibility index (Phi) is 4.65. The van der Waals surface area contributed by atoms with E-state index in [0.29, 0.717) is 12.1 Å². The molecule has 0 fully saturated rings. The summed E-state index contributed by atoms with van der Waals surface area (Å²) >= 11 is 0. The summed E-state index contributed by atoms with van der Waals surface area (Å²) in [7, 11) is 1.33. The van der Waals surface area contributed by atoms with Gasteiger partial charge in [0.15, 0.2) is 5.69 Å². The van der Waals surface area contributed by atoms with Gasteiger partial charge in [-0.15, -0.1) is 5.10 Å². The monoisotopic (exact) mass is 289 g/mol. The lowest BCUT2D eigenvalue weighted by Gasteiger charge is -2.07. The largest absolute Gasteiger partial charge is 0.465 e. The third-order valence-corrected chi connectivity index (χ3v) is 2.78. The molecule has 7 heteroatoms. The fourth-order valence-corrected chi connectivity index (χ4v) is 1.82. The normalized spacial score (nSPS) is 10.2. The molecule has 1 heterocycles. The van der Waals surface area contributed by atoms with Crippen molar-refractivity contribution >= 4 is 11.9 Å². The van der Waals surface area contributed by atoms with Crippen LogP contribution >= 0.6 is 0 Å². The molecule has 1 aromatic heterocycles. The van der Waals surface area contributed by atoms with Crippen LogP contribution in [0.5, 0.6) is 0 Å². The predicted molar refractivity (Wildman–Crippen MR) is 72.9 cm³/mol. The zero-order chi connectivity index (χ0) is 15.2. The second-order valence-electron chi connectivity index (χ2n) is 4.17. The molecule has 0 N–H and O–H groups in total. The molecule has 0 radical (unpaired) electrons. The van der Waals surface area contributed by atoms with Crippen LogP contribution in [0.3, 0.4) is 0 Å². The van der Waals surface area contributed by atoms with E-state index in [1.54, 1.807) is 25.1 Å². The van der Waals surface area contributed by atoms with E-state index < -0.39 is 11.9 Å². The van der Waals surface area contributed by atoms with Gasteiger partial charge >= 0.3 is 11.9 Å². The summed E-state index contributed by atoms with van der Waals surface area (Å²) in [6.07, 6.45) is 1.48. The second-order valence-corrected chi connectivity index (χ2v) is 4.17. The Balaban J connectivity index is 2.19. The fraction of sp³-hybridized carbons (Fsp3) is 0.286. The minimum absolute atomic E-state index is 0.132. The van der Waals surface area contributed by atoms with Gasteiger partial charge in [-0.3, -0.25) is 0 Å². The number of carbonyl (C=O) groups is 2. The Morgan fingerprint density at radius 2 is 2.00 bits per heavy atom. The molecule has 1 aromatic carbocycles. The summed E-state index contributed by atoms with van der Waals surface area (Å²) in [5.41, 5.74) is 1.31. The van der Waals surface area contributed by atoms with E-state index in [1.165, 1.54) is 18.0 Å². The maximum atomic E-state index is 11.7. The number of aromatic nitrogens is 3. The SMILES string of the molecule is CCOC(=O)c1cn(Cc2ccccc2C(=O)OC)nn1. The van der Waals surface area contributed by atoms with Crippen molar-refractivity contribution in [1.29, 1.82) is 0 Å². The molecule has 0 aliphatic heterocycles. The van der Waals surface area contributed by atoms with Crippen LogP contribution < -0.4 is 0 Å². The molecule has 0 unspecified atom stereocenters. The molecule has 21 heavy (non-hydrogen) atoms. The van der Waals surface area contributed by atoms with Gasteiger partial charge in [0.1, 0.15) is 0 Å². The van der Waals surface area contributed by atoms with Crippen molar-refractivity contribution in [3.05, 3.63) is 47.3 Å². The van der Waals surface area contributed by atoms with Gasteiger partial charge in [0.05, 0.1) is 32.0 Å². The summed E-state index contributed by atoms with van der Waals surface area (Å²) in [5.74, 6) is -0.943. The van der Waals surface area contributed by atoms with Crippen molar-refractivity contribution in [2.24, 2.45) is 0 Å². The minimum atomic E-state index is -0.523. The first-order chi connectivity index (χ1) is 10.2. The zero-order valence-corrected chi connectivity index (χ0v) is 11.8. The molecule has 2 rings (SSSR count). The van der Waals surface area contributed by atoms with Crippen molar-refractivity contribution in [3.63, 3.8) is 0 Å². The highest BCUT2D eigenvalue weighted by molar-refractivity contribution is 5.91. The van der Waals surface area contributed by atoms with Gasteiger partial charge in [-0.25, -0.2) is 14.3 Å². The number of methoxy groups -OCH3 is 1. The molecule has 2 aromatic rings. The van der Waals surface area contributed by atoms with E-state index in [0.717, 1.165) is 5.56 Å². The first-order valence-electron chi connectivity index (χ1n) is 6.39. The van der Waals surface area contributed by atoms with E-state index in [2.05, 4.69) is 10.3 Å². The third-order valence-electron chi connectivity index (χ3n) is 2.78. The fourth-order valence-electron chi connectivity index (χ4n) is 1.82. The van der Waals surface area contributed by atoms with E-state index >= 15 is 0 Å². The lowest BCUT2D eigenvalue weighted by molar-refractivity contribution is 0.0518. The smallest absolute Gasteiger partial charge is 0.360 e. The molecule has 0 saturated carbocycles. The lowest BCUT2D eigenvalue weighted by atomic mass is 10.1. The van der Waals surface area contributed by atoms with Crippen LogP contribution in [0.15, 0.2) is 30.5 Å². The molecule has 0 amide bonds. The average molecular weight is 289 g/mol. The minimum Gasteiger partial charge on any atom is -0.465 e. The molecule has 0 saturated heterocycles. The number of rotatable bonds is 5. The Bertz CT molecular complexity index is 651. The van der Waals surface area contributed by atoms with Gasteiger partial charge in [-0.1, -0.05) is 23.4 Å². The molecule has 7 nitrogen and oxygen atoms in total. The first kappa shape index (κ1) is 14.7. The molecule has 0 aliphatic carbocycles. The quantitative estimate of drug-likeness (QED) is 0.771. The maximum Gasteiger partial charge on any atom is 0.360 e. The van der Waals surface area contributed by atoms with Gasteiger partial charge in [-0.05, 0) is 18.6 Å². The molecule has 0 atom stereocenters. The Morgan fingerprint density at radius 3 is 2.71 bits per heavy atom. The number of benzene rings is 1. The van der Waals surface area contributed by atoms with Crippen LogP contribution in [-0.2, 0) is 16.0 Å². The summed E-state index contributed by atoms with van der Waals surface area (Å²) in [6.45, 7) is 2.30. The predicted octanol–water partition coefficient (Wildman–Crippen LogP) is 1.29. The summed E-state index contributed by atoms with van der Waals surface area (Å²) in [4.78, 5) is 23.2. The Morgan fingerprint density at radius 1 is 1.24 bits per heavy atom. The van der Waals surface area contributed by atoms with Gasteiger partial charge < -0.3 is 9.47 Å². The van der Waals surface area contributed by atoms with E-state index in [4.69, 9.17) is 9.47 Å². The van der Waals surface area contributed by atoms with Gasteiger partial charge in [-0.2, -0.15) is 0 Å². The van der Waals surface area contributed by atoms with Gasteiger partial charge in [0.25, 0.3) is 0 Å². The van der Waals surface area contributed by atoms with Crippen molar-refractivity contribution < 1.29 is 19.1 Å². The second kappa shape index (κ2) is 6.65. The Labute approximate surface area is 121 Å². The highest BCUT2D eigenvalue weighted by Gasteiger charge is 2.14. The molecular weight excluding hydrogens is 274 g/mol. The molecular formula is C14H15N3O4.